The molecule has 0 atom stereocenters. The Labute approximate surface area is 206 Å². The van der Waals surface area contributed by atoms with E-state index in [9.17, 15) is 9.59 Å². The Balaban J connectivity index is 1.52. The highest BCUT2D eigenvalue weighted by atomic mass is 16.5. The number of anilines is 1. The third-order valence-electron chi connectivity index (χ3n) is 6.45. The number of carbonyl (C=O) groups excluding carboxylic acids is 2. The maximum absolute atomic E-state index is 13.4. The van der Waals surface area contributed by atoms with Crippen LogP contribution in [0.4, 0.5) is 5.69 Å². The second kappa shape index (κ2) is 10.9. The second-order valence-corrected chi connectivity index (χ2v) is 8.97. The highest BCUT2D eigenvalue weighted by molar-refractivity contribution is 5.90. The number of carbonyl (C=O) groups is 2. The first kappa shape index (κ1) is 24.7. The molecule has 0 saturated carbocycles. The van der Waals surface area contributed by atoms with E-state index in [2.05, 4.69) is 27.9 Å². The van der Waals surface area contributed by atoms with Crippen LogP contribution in [-0.2, 0) is 22.7 Å². The number of hydrogen-bond donors (Lipinski definition) is 2. The fourth-order valence-electron chi connectivity index (χ4n) is 4.42. The highest BCUT2D eigenvalue weighted by Gasteiger charge is 2.27. The number of likely N-dealkylation sites (N-methyl/N-ethyl adjacent to an activating group) is 2. The van der Waals surface area contributed by atoms with Gasteiger partial charge in [0, 0.05) is 50.4 Å². The zero-order valence-electron chi connectivity index (χ0n) is 20.9. The second-order valence-electron chi connectivity index (χ2n) is 8.97. The van der Waals surface area contributed by atoms with E-state index in [0.29, 0.717) is 31.8 Å². The Morgan fingerprint density at radius 2 is 1.80 bits per heavy atom. The summed E-state index contributed by atoms with van der Waals surface area (Å²) in [5.74, 6) is -0.230. The molecule has 0 spiro atoms. The summed E-state index contributed by atoms with van der Waals surface area (Å²) in [7, 11) is 1.79. The molecule has 9 heteroatoms. The SMILES string of the molecule is CCNCCNC(=O)CN(CC(=O)N(C)N1Cc2ccccc2C1)c1cc2onc(C)c2cc1C. The molecular weight excluding hydrogens is 444 g/mol. The molecule has 2 aromatic carbocycles. The number of fused-ring (bicyclic) bond motifs is 2. The van der Waals surface area contributed by atoms with Crippen LogP contribution in [0.3, 0.4) is 0 Å². The molecule has 1 aliphatic heterocycles. The molecule has 1 aromatic heterocycles. The smallest absolute Gasteiger partial charge is 0.256 e. The molecule has 4 rings (SSSR count). The Morgan fingerprint density at radius 1 is 1.09 bits per heavy atom. The van der Waals surface area contributed by atoms with E-state index < -0.39 is 0 Å². The van der Waals surface area contributed by atoms with Gasteiger partial charge in [0.25, 0.3) is 5.91 Å². The van der Waals surface area contributed by atoms with Gasteiger partial charge in [-0.15, -0.1) is 0 Å². The quantitative estimate of drug-likeness (QED) is 0.432. The van der Waals surface area contributed by atoms with Crippen molar-refractivity contribution < 1.29 is 14.1 Å². The average Bonchev–Trinajstić information content (AvgIpc) is 3.44. The van der Waals surface area contributed by atoms with Gasteiger partial charge in [0.05, 0.1) is 18.8 Å². The standard InChI is InChI=1S/C26H34N6O3/c1-5-27-10-11-28-25(33)16-31(23-13-24-22(12-18(23)2)19(3)29-35-24)17-26(34)30(4)32-14-20-8-6-7-9-21(20)15-32/h6-9,12-13,27H,5,10-11,14-17H2,1-4H3,(H,28,33). The summed E-state index contributed by atoms with van der Waals surface area (Å²) in [4.78, 5) is 28.0. The van der Waals surface area contributed by atoms with Crippen LogP contribution in [0.2, 0.25) is 0 Å². The number of amides is 2. The number of nitrogens with one attached hydrogen (secondary N) is 2. The molecule has 0 aliphatic carbocycles. The van der Waals surface area contributed by atoms with E-state index >= 15 is 0 Å². The Kier molecular flexibility index (Phi) is 7.67. The summed E-state index contributed by atoms with van der Waals surface area (Å²) in [5, 5.41) is 14.8. The number of nitrogens with zero attached hydrogens (tertiary/aromatic N) is 4. The Hall–Kier alpha value is -3.43. The third-order valence-corrected chi connectivity index (χ3v) is 6.45. The molecule has 3 aromatic rings. The van der Waals surface area contributed by atoms with Crippen LogP contribution >= 0.6 is 0 Å². The van der Waals surface area contributed by atoms with E-state index in [0.717, 1.165) is 28.9 Å². The van der Waals surface area contributed by atoms with Gasteiger partial charge in [-0.2, -0.15) is 0 Å². The number of rotatable bonds is 10. The van der Waals surface area contributed by atoms with Crippen molar-refractivity contribution in [3.05, 3.63) is 58.8 Å². The lowest BCUT2D eigenvalue weighted by molar-refractivity contribution is -0.145. The van der Waals surface area contributed by atoms with Crippen molar-refractivity contribution in [1.82, 2.24) is 25.8 Å². The molecule has 35 heavy (non-hydrogen) atoms. The van der Waals surface area contributed by atoms with Crippen molar-refractivity contribution in [3.63, 3.8) is 0 Å². The summed E-state index contributed by atoms with van der Waals surface area (Å²) >= 11 is 0. The minimum absolute atomic E-state index is 0.0590. The van der Waals surface area contributed by atoms with Crippen molar-refractivity contribution >= 4 is 28.5 Å². The molecule has 0 saturated heterocycles. The largest absolute Gasteiger partial charge is 0.356 e. The molecule has 1 aliphatic rings. The maximum atomic E-state index is 13.4. The van der Waals surface area contributed by atoms with E-state index in [4.69, 9.17) is 4.52 Å². The van der Waals surface area contributed by atoms with Crippen LogP contribution in [0.1, 0.15) is 29.3 Å². The van der Waals surface area contributed by atoms with Crippen molar-refractivity contribution in [1.29, 1.82) is 0 Å². The predicted molar refractivity (Wildman–Crippen MR) is 136 cm³/mol. The summed E-state index contributed by atoms with van der Waals surface area (Å²) in [6.07, 6.45) is 0. The average molecular weight is 479 g/mol. The predicted octanol–water partition coefficient (Wildman–Crippen LogP) is 2.37. The normalized spacial score (nSPS) is 13.1. The molecule has 2 heterocycles. The van der Waals surface area contributed by atoms with Crippen molar-refractivity contribution in [2.45, 2.75) is 33.9 Å². The number of aromatic nitrogens is 1. The zero-order valence-corrected chi connectivity index (χ0v) is 20.9. The van der Waals surface area contributed by atoms with Crippen molar-refractivity contribution in [2.24, 2.45) is 0 Å². The lowest BCUT2D eigenvalue weighted by Gasteiger charge is -2.31. The minimum Gasteiger partial charge on any atom is -0.356 e. The Bertz CT molecular complexity index is 1180. The fraction of sp³-hybridized carbons (Fsp3) is 0.423. The molecule has 9 nitrogen and oxygen atoms in total. The van der Waals surface area contributed by atoms with Crippen LogP contribution < -0.4 is 15.5 Å². The number of aryl methyl sites for hydroxylation is 2. The van der Waals surface area contributed by atoms with Gasteiger partial charge in [-0.3, -0.25) is 14.6 Å². The molecule has 2 amide bonds. The van der Waals surface area contributed by atoms with Crippen LogP contribution in [0.15, 0.2) is 40.9 Å². The molecule has 186 valence electrons. The van der Waals surface area contributed by atoms with Gasteiger partial charge in [0.2, 0.25) is 5.91 Å². The van der Waals surface area contributed by atoms with E-state index in [1.54, 1.807) is 12.1 Å². The number of benzene rings is 2. The monoisotopic (exact) mass is 478 g/mol. The van der Waals surface area contributed by atoms with E-state index in [1.807, 2.05) is 54.9 Å². The molecular formula is C26H34N6O3. The summed E-state index contributed by atoms with van der Waals surface area (Å²) < 4.78 is 5.47. The summed E-state index contributed by atoms with van der Waals surface area (Å²) in [6, 6.07) is 12.1. The Morgan fingerprint density at radius 3 is 2.49 bits per heavy atom. The summed E-state index contributed by atoms with van der Waals surface area (Å²) in [6.45, 7) is 9.46. The first-order valence-corrected chi connectivity index (χ1v) is 12.0. The van der Waals surface area contributed by atoms with Crippen LogP contribution in [0.5, 0.6) is 0 Å². The fourth-order valence-corrected chi connectivity index (χ4v) is 4.42. The first-order chi connectivity index (χ1) is 16.9. The lowest BCUT2D eigenvalue weighted by atomic mass is 10.1. The molecule has 0 bridgehead atoms. The van der Waals surface area contributed by atoms with Crippen LogP contribution in [-0.4, -0.2) is 66.8 Å². The van der Waals surface area contributed by atoms with Gasteiger partial charge in [0.1, 0.15) is 0 Å². The minimum atomic E-state index is -0.139. The molecule has 2 N–H and O–H groups in total. The highest BCUT2D eigenvalue weighted by Crippen LogP contribution is 2.29. The van der Waals surface area contributed by atoms with Gasteiger partial charge in [0.15, 0.2) is 5.58 Å². The molecule has 0 radical (unpaired) electrons. The van der Waals surface area contributed by atoms with Crippen LogP contribution in [0.25, 0.3) is 11.0 Å². The zero-order chi connectivity index (χ0) is 24.9. The van der Waals surface area contributed by atoms with Crippen LogP contribution in [0, 0.1) is 13.8 Å². The van der Waals surface area contributed by atoms with Gasteiger partial charge in [-0.05, 0) is 43.1 Å². The lowest BCUT2D eigenvalue weighted by Crippen LogP contribution is -2.48. The first-order valence-electron chi connectivity index (χ1n) is 12.0. The van der Waals surface area contributed by atoms with E-state index in [-0.39, 0.29) is 24.9 Å². The summed E-state index contributed by atoms with van der Waals surface area (Å²) in [5.41, 5.74) is 5.63. The van der Waals surface area contributed by atoms with Gasteiger partial charge < -0.3 is 20.1 Å². The number of hydrogen-bond acceptors (Lipinski definition) is 7. The van der Waals surface area contributed by atoms with Gasteiger partial charge in [-0.25, -0.2) is 5.01 Å². The van der Waals surface area contributed by atoms with E-state index in [1.165, 1.54) is 11.1 Å². The number of hydrazine groups is 1. The van der Waals surface area contributed by atoms with Crippen molar-refractivity contribution in [2.75, 3.05) is 44.7 Å². The topological polar surface area (TPSA) is 93.9 Å². The maximum Gasteiger partial charge on any atom is 0.256 e. The van der Waals surface area contributed by atoms with Gasteiger partial charge in [-0.1, -0.05) is 36.3 Å². The van der Waals surface area contributed by atoms with Crippen molar-refractivity contribution in [3.8, 4) is 0 Å². The molecule has 0 unspecified atom stereocenters. The third kappa shape index (κ3) is 5.63. The molecule has 0 fully saturated rings. The van der Waals surface area contributed by atoms with Gasteiger partial charge >= 0.3 is 0 Å².